The van der Waals surface area contributed by atoms with Crippen molar-refractivity contribution in [2.24, 2.45) is 10.9 Å². The molecule has 0 atom stereocenters. The van der Waals surface area contributed by atoms with Crippen LogP contribution in [0, 0.1) is 12.8 Å². The molecule has 3 rings (SSSR count). The molecule has 0 radical (unpaired) electrons. The Balaban J connectivity index is 1.99. The van der Waals surface area contributed by atoms with Crippen LogP contribution in [-0.4, -0.2) is 31.0 Å². The van der Waals surface area contributed by atoms with E-state index < -0.39 is 10.0 Å². The van der Waals surface area contributed by atoms with E-state index in [0.717, 1.165) is 35.6 Å². The van der Waals surface area contributed by atoms with Crippen molar-refractivity contribution in [3.8, 4) is 0 Å². The van der Waals surface area contributed by atoms with Crippen molar-refractivity contribution in [2.45, 2.75) is 50.3 Å². The number of amidine groups is 1. The van der Waals surface area contributed by atoms with E-state index in [1.165, 1.54) is 6.42 Å². The fraction of sp³-hybridized carbons (Fsp3) is 0.529. The van der Waals surface area contributed by atoms with Crippen LogP contribution in [-0.2, 0) is 14.8 Å². The van der Waals surface area contributed by atoms with Crippen molar-refractivity contribution >= 4 is 21.8 Å². The summed E-state index contributed by atoms with van der Waals surface area (Å²) in [4.78, 5) is 17.0. The zero-order valence-electron chi connectivity index (χ0n) is 13.4. The highest BCUT2D eigenvalue weighted by Gasteiger charge is 2.38. The number of benzene rings is 1. The maximum absolute atomic E-state index is 13.0. The number of aryl methyl sites for hydroxylation is 1. The smallest absolute Gasteiger partial charge is 0.271 e. The van der Waals surface area contributed by atoms with Gasteiger partial charge in [-0.3, -0.25) is 9.79 Å². The molecular formula is C17H22N2O3S. The summed E-state index contributed by atoms with van der Waals surface area (Å²) in [5.74, 6) is 0.177. The first-order valence-corrected chi connectivity index (χ1v) is 9.63. The molecule has 1 heterocycles. The first-order chi connectivity index (χ1) is 11.0. The molecule has 5 nitrogen and oxygen atoms in total. The van der Waals surface area contributed by atoms with E-state index in [4.69, 9.17) is 0 Å². The van der Waals surface area contributed by atoms with E-state index in [-0.39, 0.29) is 23.1 Å². The molecule has 0 unspecified atom stereocenters. The Labute approximate surface area is 137 Å². The van der Waals surface area contributed by atoms with Crippen molar-refractivity contribution < 1.29 is 13.2 Å². The van der Waals surface area contributed by atoms with E-state index in [9.17, 15) is 13.2 Å². The van der Waals surface area contributed by atoms with Gasteiger partial charge >= 0.3 is 0 Å². The topological polar surface area (TPSA) is 66.8 Å². The average Bonchev–Trinajstić information content (AvgIpc) is 2.55. The van der Waals surface area contributed by atoms with Crippen molar-refractivity contribution in [3.63, 3.8) is 0 Å². The lowest BCUT2D eigenvalue weighted by molar-refractivity contribution is -0.124. The molecule has 0 saturated heterocycles. The molecule has 124 valence electrons. The molecular weight excluding hydrogens is 312 g/mol. The lowest BCUT2D eigenvalue weighted by Crippen LogP contribution is -2.47. The van der Waals surface area contributed by atoms with Gasteiger partial charge < -0.3 is 0 Å². The predicted molar refractivity (Wildman–Crippen MR) is 88.7 cm³/mol. The Morgan fingerprint density at radius 2 is 1.74 bits per heavy atom. The van der Waals surface area contributed by atoms with Gasteiger partial charge in [-0.25, -0.2) is 8.42 Å². The Hall–Kier alpha value is -1.69. The van der Waals surface area contributed by atoms with Crippen LogP contribution in [0.1, 0.15) is 44.1 Å². The molecule has 6 heteroatoms. The second kappa shape index (κ2) is 6.43. The quantitative estimate of drug-likeness (QED) is 0.853. The van der Waals surface area contributed by atoms with Crippen LogP contribution in [0.25, 0.3) is 0 Å². The lowest BCUT2D eigenvalue weighted by atomic mass is 9.88. The fourth-order valence-corrected chi connectivity index (χ4v) is 4.79. The van der Waals surface area contributed by atoms with Crippen LogP contribution in [0.3, 0.4) is 0 Å². The Morgan fingerprint density at radius 3 is 2.39 bits per heavy atom. The summed E-state index contributed by atoms with van der Waals surface area (Å²) in [7, 11) is -3.87. The Morgan fingerprint density at radius 1 is 1.09 bits per heavy atom. The van der Waals surface area contributed by atoms with Gasteiger partial charge in [0.15, 0.2) is 0 Å². The van der Waals surface area contributed by atoms with Crippen LogP contribution < -0.4 is 0 Å². The van der Waals surface area contributed by atoms with Crippen LogP contribution in [0.5, 0.6) is 0 Å². The number of amides is 1. The summed E-state index contributed by atoms with van der Waals surface area (Å²) in [5.41, 5.74) is 0.982. The molecule has 1 aromatic rings. The number of rotatable bonds is 3. The first-order valence-electron chi connectivity index (χ1n) is 8.19. The van der Waals surface area contributed by atoms with E-state index in [0.29, 0.717) is 12.4 Å². The minimum absolute atomic E-state index is 0.0771. The van der Waals surface area contributed by atoms with Crippen LogP contribution in [0.2, 0.25) is 0 Å². The van der Waals surface area contributed by atoms with Crippen molar-refractivity contribution in [1.29, 1.82) is 0 Å². The number of carbonyl (C=O) groups excluding carboxylic acids is 1. The van der Waals surface area contributed by atoms with Gasteiger partial charge in [0, 0.05) is 18.9 Å². The van der Waals surface area contributed by atoms with Crippen LogP contribution in [0.4, 0.5) is 0 Å². The third kappa shape index (κ3) is 3.17. The normalized spacial score (nSPS) is 20.5. The predicted octanol–water partition coefficient (Wildman–Crippen LogP) is 2.89. The summed E-state index contributed by atoms with van der Waals surface area (Å²) >= 11 is 0. The molecule has 0 aromatic heterocycles. The monoisotopic (exact) mass is 334 g/mol. The fourth-order valence-electron chi connectivity index (χ4n) is 3.29. The summed E-state index contributed by atoms with van der Waals surface area (Å²) in [6.45, 7) is 2.29. The average molecular weight is 334 g/mol. The van der Waals surface area contributed by atoms with Crippen molar-refractivity contribution in [2.75, 3.05) is 6.54 Å². The molecule has 0 spiro atoms. The molecule has 1 aromatic carbocycles. The number of hydrogen-bond acceptors (Lipinski definition) is 4. The van der Waals surface area contributed by atoms with Gasteiger partial charge in [-0.1, -0.05) is 37.0 Å². The number of nitrogens with zero attached hydrogens (tertiary/aromatic N) is 2. The molecule has 1 fully saturated rings. The van der Waals surface area contributed by atoms with Gasteiger partial charge in [-0.2, -0.15) is 4.31 Å². The van der Waals surface area contributed by atoms with Gasteiger partial charge in [0.2, 0.25) is 5.91 Å². The molecule has 1 saturated carbocycles. The molecule has 1 aliphatic carbocycles. The van der Waals surface area contributed by atoms with Gasteiger partial charge in [0.25, 0.3) is 10.0 Å². The molecule has 2 aliphatic rings. The molecule has 0 N–H and O–H groups in total. The second-order valence-corrected chi connectivity index (χ2v) is 8.09. The third-order valence-electron chi connectivity index (χ3n) is 4.56. The summed E-state index contributed by atoms with van der Waals surface area (Å²) < 4.78 is 27.0. The number of aliphatic imine (C=N–C) groups is 1. The second-order valence-electron chi connectivity index (χ2n) is 6.30. The van der Waals surface area contributed by atoms with E-state index in [2.05, 4.69) is 4.99 Å². The number of hydrogen-bond donors (Lipinski definition) is 0. The molecule has 1 aliphatic heterocycles. The van der Waals surface area contributed by atoms with Gasteiger partial charge in [0.1, 0.15) is 5.84 Å². The maximum atomic E-state index is 13.0. The van der Waals surface area contributed by atoms with Gasteiger partial charge in [0.05, 0.1) is 4.90 Å². The number of carbonyl (C=O) groups is 1. The highest BCUT2D eigenvalue weighted by Crippen LogP contribution is 2.30. The minimum Gasteiger partial charge on any atom is -0.273 e. The minimum atomic E-state index is -3.87. The van der Waals surface area contributed by atoms with Gasteiger partial charge in [-0.15, -0.1) is 0 Å². The SMILES string of the molecule is Cc1ccc(S(=O)(=O)N2C(=O)CCN=C2C2CCCCC2)cc1. The third-order valence-corrected chi connectivity index (χ3v) is 6.30. The summed E-state index contributed by atoms with van der Waals surface area (Å²) in [6.07, 6.45) is 5.27. The Kier molecular flexibility index (Phi) is 4.53. The molecule has 23 heavy (non-hydrogen) atoms. The van der Waals surface area contributed by atoms with Crippen molar-refractivity contribution in [1.82, 2.24) is 4.31 Å². The first kappa shape index (κ1) is 16.2. The van der Waals surface area contributed by atoms with Crippen LogP contribution in [0.15, 0.2) is 34.2 Å². The van der Waals surface area contributed by atoms with Crippen molar-refractivity contribution in [3.05, 3.63) is 29.8 Å². The Bertz CT molecular complexity index is 717. The maximum Gasteiger partial charge on any atom is 0.271 e. The zero-order chi connectivity index (χ0) is 16.4. The summed E-state index contributed by atoms with van der Waals surface area (Å²) in [5, 5.41) is 0. The highest BCUT2D eigenvalue weighted by atomic mass is 32.2. The standard InChI is InChI=1S/C17H22N2O3S/c1-13-7-9-15(10-8-13)23(21,22)19-16(20)11-12-18-17(19)14-5-3-2-4-6-14/h7-10,14H,2-6,11-12H2,1H3. The van der Waals surface area contributed by atoms with E-state index in [1.807, 2.05) is 6.92 Å². The van der Waals surface area contributed by atoms with Gasteiger partial charge in [-0.05, 0) is 31.9 Å². The lowest BCUT2D eigenvalue weighted by Gasteiger charge is -2.33. The highest BCUT2D eigenvalue weighted by molar-refractivity contribution is 7.90. The van der Waals surface area contributed by atoms with E-state index in [1.54, 1.807) is 24.3 Å². The summed E-state index contributed by atoms with van der Waals surface area (Å²) in [6, 6.07) is 6.62. The van der Waals surface area contributed by atoms with Crippen LogP contribution >= 0.6 is 0 Å². The molecule has 0 bridgehead atoms. The molecule has 1 amide bonds. The largest absolute Gasteiger partial charge is 0.273 e. The number of sulfonamides is 1. The van der Waals surface area contributed by atoms with E-state index >= 15 is 0 Å². The zero-order valence-corrected chi connectivity index (χ0v) is 14.2.